The van der Waals surface area contributed by atoms with Crippen LogP contribution in [0.1, 0.15) is 57.6 Å². The molecule has 0 bridgehead atoms. The van der Waals surface area contributed by atoms with Crippen molar-refractivity contribution in [3.63, 3.8) is 0 Å². The van der Waals surface area contributed by atoms with Crippen LogP contribution in [0.3, 0.4) is 0 Å². The van der Waals surface area contributed by atoms with Gasteiger partial charge in [-0.2, -0.15) is 0 Å². The van der Waals surface area contributed by atoms with Crippen molar-refractivity contribution in [2.45, 2.75) is 78.2 Å². The summed E-state index contributed by atoms with van der Waals surface area (Å²) in [5.74, 6) is -1.01. The standard InChI is InChI=1S/C27H37N3O8/c1-5-35-27(34)37-18(4)36-25(32)21-7-6-10-30(21)20-8-11-29(12-9-20)24(31)17(3)14-19-13-16(2)23-22(15-19)38-26(33)28-23/h13,15,17-18,20-21H,5-12,14H2,1-4H3,(H,28,33)/t17-,18?,21-/m1/s1. The summed E-state index contributed by atoms with van der Waals surface area (Å²) in [5, 5.41) is 0. The summed E-state index contributed by atoms with van der Waals surface area (Å²) in [6.45, 7) is 9.21. The van der Waals surface area contributed by atoms with E-state index in [1.807, 2.05) is 30.9 Å². The maximum absolute atomic E-state index is 13.2. The van der Waals surface area contributed by atoms with Crippen LogP contribution in [-0.4, -0.2) is 77.4 Å². The van der Waals surface area contributed by atoms with Gasteiger partial charge in [-0.25, -0.2) is 9.59 Å². The molecule has 208 valence electrons. The zero-order valence-corrected chi connectivity index (χ0v) is 22.5. The number of carbonyl (C=O) groups is 3. The van der Waals surface area contributed by atoms with Crippen LogP contribution in [0.25, 0.3) is 11.1 Å². The molecule has 0 spiro atoms. The maximum atomic E-state index is 13.2. The van der Waals surface area contributed by atoms with Gasteiger partial charge in [0.1, 0.15) is 6.04 Å². The lowest BCUT2D eigenvalue weighted by molar-refractivity contribution is -0.174. The second-order valence-electron chi connectivity index (χ2n) is 10.2. The molecule has 0 aliphatic carbocycles. The Morgan fingerprint density at radius 2 is 1.84 bits per heavy atom. The molecule has 0 saturated carbocycles. The number of rotatable bonds is 8. The smallest absolute Gasteiger partial charge is 0.435 e. The van der Waals surface area contributed by atoms with E-state index in [4.69, 9.17) is 18.6 Å². The van der Waals surface area contributed by atoms with E-state index in [-0.39, 0.29) is 30.5 Å². The van der Waals surface area contributed by atoms with Crippen LogP contribution in [0.2, 0.25) is 0 Å². The Kier molecular flexibility index (Phi) is 8.76. The van der Waals surface area contributed by atoms with Crippen molar-refractivity contribution in [1.29, 1.82) is 0 Å². The van der Waals surface area contributed by atoms with Gasteiger partial charge < -0.3 is 23.5 Å². The Hall–Kier alpha value is -3.34. The SMILES string of the molecule is CCOC(=O)OC(C)OC(=O)[C@H]1CCCN1C1CCN(C(=O)[C@H](C)Cc2cc(C)c3[nH]c(=O)oc3c2)CC1. The Balaban J connectivity index is 1.28. The summed E-state index contributed by atoms with van der Waals surface area (Å²) >= 11 is 0. The van der Waals surface area contributed by atoms with Crippen LogP contribution in [0.5, 0.6) is 0 Å². The number of nitrogens with one attached hydrogen (secondary N) is 1. The molecule has 3 heterocycles. The average Bonchev–Trinajstić information content (AvgIpc) is 3.50. The summed E-state index contributed by atoms with van der Waals surface area (Å²) in [6, 6.07) is 3.59. The minimum atomic E-state index is -1.03. The van der Waals surface area contributed by atoms with E-state index in [1.54, 1.807) is 6.92 Å². The number of carbonyl (C=O) groups excluding carboxylic acids is 3. The van der Waals surface area contributed by atoms with Crippen LogP contribution >= 0.6 is 0 Å². The first kappa shape index (κ1) is 27.7. The van der Waals surface area contributed by atoms with Crippen LogP contribution < -0.4 is 5.76 Å². The molecule has 1 aromatic heterocycles. The molecule has 2 aliphatic rings. The molecule has 11 nitrogen and oxygen atoms in total. The number of aromatic nitrogens is 1. The van der Waals surface area contributed by atoms with Crippen molar-refractivity contribution >= 4 is 29.1 Å². The monoisotopic (exact) mass is 531 g/mol. The predicted octanol–water partition coefficient (Wildman–Crippen LogP) is 3.13. The number of hydrogen-bond acceptors (Lipinski definition) is 9. The molecule has 2 fully saturated rings. The van der Waals surface area contributed by atoms with E-state index in [2.05, 4.69) is 9.88 Å². The largest absolute Gasteiger partial charge is 0.511 e. The van der Waals surface area contributed by atoms with Crippen LogP contribution in [-0.2, 0) is 30.2 Å². The van der Waals surface area contributed by atoms with Crippen molar-refractivity contribution in [2.24, 2.45) is 5.92 Å². The number of H-pyrrole nitrogens is 1. The second-order valence-corrected chi connectivity index (χ2v) is 10.2. The van der Waals surface area contributed by atoms with E-state index in [9.17, 15) is 19.2 Å². The van der Waals surface area contributed by atoms with Crippen molar-refractivity contribution in [2.75, 3.05) is 26.2 Å². The first-order valence-electron chi connectivity index (χ1n) is 13.4. The number of esters is 1. The number of aromatic amines is 1. The number of benzene rings is 1. The lowest BCUT2D eigenvalue weighted by Crippen LogP contribution is -2.51. The Morgan fingerprint density at radius 3 is 2.55 bits per heavy atom. The van der Waals surface area contributed by atoms with Gasteiger partial charge in [0.25, 0.3) is 0 Å². The number of hydrogen-bond donors (Lipinski definition) is 1. The lowest BCUT2D eigenvalue weighted by Gasteiger charge is -2.39. The summed E-state index contributed by atoms with van der Waals surface area (Å²) in [7, 11) is 0. The van der Waals surface area contributed by atoms with Gasteiger partial charge in [0.2, 0.25) is 12.2 Å². The topological polar surface area (TPSA) is 131 Å². The third-order valence-corrected chi connectivity index (χ3v) is 7.37. The number of likely N-dealkylation sites (tertiary alicyclic amines) is 2. The number of aryl methyl sites for hydroxylation is 1. The van der Waals surface area contributed by atoms with Crippen LogP contribution in [0.4, 0.5) is 4.79 Å². The number of fused-ring (bicyclic) bond motifs is 1. The molecule has 11 heteroatoms. The highest BCUT2D eigenvalue weighted by atomic mass is 16.8. The molecular weight excluding hydrogens is 494 g/mol. The normalized spacial score (nSPS) is 20.3. The molecule has 2 aliphatic heterocycles. The fraction of sp³-hybridized carbons (Fsp3) is 0.630. The second kappa shape index (κ2) is 12.0. The van der Waals surface area contributed by atoms with E-state index in [0.29, 0.717) is 37.0 Å². The molecule has 2 aromatic rings. The first-order valence-corrected chi connectivity index (χ1v) is 13.4. The maximum Gasteiger partial charge on any atom is 0.511 e. The predicted molar refractivity (Wildman–Crippen MR) is 137 cm³/mol. The summed E-state index contributed by atoms with van der Waals surface area (Å²) < 4.78 is 20.2. The lowest BCUT2D eigenvalue weighted by atomic mass is 9.96. The number of piperidine rings is 1. The molecule has 1 N–H and O–H groups in total. The Labute approximate surface area is 221 Å². The molecule has 0 radical (unpaired) electrons. The van der Waals surface area contributed by atoms with Crippen molar-refractivity contribution < 1.29 is 33.0 Å². The minimum absolute atomic E-state index is 0.0963. The highest BCUT2D eigenvalue weighted by Gasteiger charge is 2.39. The zero-order valence-electron chi connectivity index (χ0n) is 22.5. The fourth-order valence-corrected chi connectivity index (χ4v) is 5.62. The van der Waals surface area contributed by atoms with Gasteiger partial charge in [-0.3, -0.25) is 19.5 Å². The highest BCUT2D eigenvalue weighted by molar-refractivity contribution is 5.80. The third-order valence-electron chi connectivity index (χ3n) is 7.37. The van der Waals surface area contributed by atoms with E-state index in [1.165, 1.54) is 6.92 Å². The van der Waals surface area contributed by atoms with Gasteiger partial charge in [0, 0.05) is 32.0 Å². The fourth-order valence-electron chi connectivity index (χ4n) is 5.62. The zero-order chi connectivity index (χ0) is 27.4. The van der Waals surface area contributed by atoms with E-state index < -0.39 is 24.2 Å². The quantitative estimate of drug-likeness (QED) is 0.403. The molecule has 1 unspecified atom stereocenters. The summed E-state index contributed by atoms with van der Waals surface area (Å²) in [5.41, 5.74) is 3.05. The average molecular weight is 532 g/mol. The van der Waals surface area contributed by atoms with E-state index >= 15 is 0 Å². The Bertz CT molecular complexity index is 1210. The number of amides is 1. The van der Waals surface area contributed by atoms with Crippen molar-refractivity contribution in [1.82, 2.24) is 14.8 Å². The number of nitrogens with zero attached hydrogens (tertiary/aromatic N) is 2. The summed E-state index contributed by atoms with van der Waals surface area (Å²) in [4.78, 5) is 55.8. The molecule has 38 heavy (non-hydrogen) atoms. The van der Waals surface area contributed by atoms with Crippen LogP contribution in [0, 0.1) is 12.8 Å². The molecule has 2 saturated heterocycles. The number of oxazole rings is 1. The molecule has 4 rings (SSSR count). The van der Waals surface area contributed by atoms with Gasteiger partial charge in [0.05, 0.1) is 12.1 Å². The third kappa shape index (κ3) is 6.38. The van der Waals surface area contributed by atoms with Gasteiger partial charge >= 0.3 is 17.9 Å². The molecule has 1 aromatic carbocycles. The summed E-state index contributed by atoms with van der Waals surface area (Å²) in [6.07, 6.45) is 1.78. The first-order chi connectivity index (χ1) is 18.2. The molecular formula is C27H37N3O8. The number of ether oxygens (including phenoxy) is 3. The minimum Gasteiger partial charge on any atom is -0.435 e. The van der Waals surface area contributed by atoms with E-state index in [0.717, 1.165) is 36.9 Å². The van der Waals surface area contributed by atoms with Gasteiger partial charge in [-0.15, -0.1) is 0 Å². The van der Waals surface area contributed by atoms with Gasteiger partial charge in [0.15, 0.2) is 5.58 Å². The van der Waals surface area contributed by atoms with Crippen molar-refractivity contribution in [3.05, 3.63) is 33.8 Å². The Morgan fingerprint density at radius 1 is 1.11 bits per heavy atom. The molecule has 3 atom stereocenters. The highest BCUT2D eigenvalue weighted by Crippen LogP contribution is 2.28. The van der Waals surface area contributed by atoms with Gasteiger partial charge in [-0.05, 0) is 69.7 Å². The van der Waals surface area contributed by atoms with Crippen molar-refractivity contribution in [3.8, 4) is 0 Å². The van der Waals surface area contributed by atoms with Gasteiger partial charge in [-0.1, -0.05) is 13.0 Å². The van der Waals surface area contributed by atoms with Crippen LogP contribution in [0.15, 0.2) is 21.3 Å². The molecule has 1 amide bonds.